The summed E-state index contributed by atoms with van der Waals surface area (Å²) in [6.07, 6.45) is 0. The molecule has 2 nitrogen and oxygen atoms in total. The zero-order valence-electron chi connectivity index (χ0n) is 34.4. The highest BCUT2D eigenvalue weighted by Crippen LogP contribution is 2.62. The first kappa shape index (κ1) is 35.5. The molecule has 0 atom stereocenters. The zero-order valence-corrected chi connectivity index (χ0v) is 34.4. The van der Waals surface area contributed by atoms with Crippen LogP contribution < -0.4 is 9.64 Å². The lowest BCUT2D eigenvalue weighted by Gasteiger charge is -2.36. The van der Waals surface area contributed by atoms with Gasteiger partial charge in [-0.25, -0.2) is 0 Å². The molecule has 294 valence electrons. The summed E-state index contributed by atoms with van der Waals surface area (Å²) in [5, 5.41) is 0. The Kier molecular flexibility index (Phi) is 7.85. The lowest BCUT2D eigenvalue weighted by Crippen LogP contribution is -2.29. The van der Waals surface area contributed by atoms with Crippen LogP contribution in [0, 0.1) is 0 Å². The summed E-state index contributed by atoms with van der Waals surface area (Å²) in [5.41, 5.74) is 21.9. The minimum atomic E-state index is -0.612. The molecule has 0 bridgehead atoms. The molecule has 3 aliphatic rings. The van der Waals surface area contributed by atoms with Crippen LogP contribution in [0.25, 0.3) is 66.8 Å². The zero-order chi connectivity index (χ0) is 41.5. The number of hydrogen-bond donors (Lipinski definition) is 0. The molecule has 2 heteroatoms. The van der Waals surface area contributed by atoms with Gasteiger partial charge in [0, 0.05) is 22.5 Å². The average molecular weight is 802 g/mol. The molecule has 0 N–H and O–H groups in total. The third kappa shape index (κ3) is 5.19. The molecule has 63 heavy (non-hydrogen) atoms. The molecular formula is C61H39NO. The first-order chi connectivity index (χ1) is 31.3. The van der Waals surface area contributed by atoms with Crippen LogP contribution in [-0.4, -0.2) is 0 Å². The Bertz CT molecular complexity index is 3370. The molecular weight excluding hydrogens is 763 g/mol. The van der Waals surface area contributed by atoms with Crippen LogP contribution in [0.15, 0.2) is 237 Å². The average Bonchev–Trinajstić information content (AvgIpc) is 3.48. The number of ether oxygens (including phenoxy) is 1. The normalized spacial score (nSPS) is 13.0. The van der Waals surface area contributed by atoms with Crippen LogP contribution in [0.3, 0.4) is 0 Å². The first-order valence-corrected chi connectivity index (χ1v) is 21.8. The summed E-state index contributed by atoms with van der Waals surface area (Å²) in [7, 11) is 0. The van der Waals surface area contributed by atoms with Gasteiger partial charge in [0.2, 0.25) is 0 Å². The predicted molar refractivity (Wildman–Crippen MR) is 259 cm³/mol. The van der Waals surface area contributed by atoms with Crippen LogP contribution >= 0.6 is 0 Å². The van der Waals surface area contributed by atoms with E-state index in [0.29, 0.717) is 0 Å². The Morgan fingerprint density at radius 2 is 0.714 bits per heavy atom. The molecule has 1 spiro atoms. The van der Waals surface area contributed by atoms with Gasteiger partial charge in [0.15, 0.2) is 5.75 Å². The largest absolute Gasteiger partial charge is 0.454 e. The van der Waals surface area contributed by atoms with Crippen molar-refractivity contribution in [1.82, 2.24) is 0 Å². The van der Waals surface area contributed by atoms with Crippen molar-refractivity contribution in [1.29, 1.82) is 0 Å². The summed E-state index contributed by atoms with van der Waals surface area (Å²) >= 11 is 0. The van der Waals surface area contributed by atoms with Crippen LogP contribution in [0.2, 0.25) is 0 Å². The molecule has 0 unspecified atom stereocenters. The van der Waals surface area contributed by atoms with Gasteiger partial charge in [-0.3, -0.25) is 0 Å². The summed E-state index contributed by atoms with van der Waals surface area (Å²) in [5.74, 6) is 1.66. The van der Waals surface area contributed by atoms with E-state index < -0.39 is 5.41 Å². The van der Waals surface area contributed by atoms with E-state index in [1.807, 2.05) is 0 Å². The second kappa shape index (κ2) is 13.9. The van der Waals surface area contributed by atoms with Crippen LogP contribution in [-0.2, 0) is 5.41 Å². The highest BCUT2D eigenvalue weighted by molar-refractivity contribution is 5.99. The van der Waals surface area contributed by atoms with Crippen molar-refractivity contribution < 1.29 is 4.74 Å². The third-order valence-electron chi connectivity index (χ3n) is 13.5. The predicted octanol–water partition coefficient (Wildman–Crippen LogP) is 16.3. The first-order valence-electron chi connectivity index (χ1n) is 21.8. The Hall–Kier alpha value is -8.20. The SMILES string of the molecule is c1ccc(-c2ccc(N(c3ccc4c(c3)C3(c5ccccc5-c5ccccc5-c5ccccc53)c3ccccc3-4)c3cccc4c3Oc3ccccc3-c3ccccc3-4)cc2)cc1. The van der Waals surface area contributed by atoms with Gasteiger partial charge in [-0.05, 0) is 114 Å². The standard InChI is InChI=1S/C61H39NO/c1-2-17-40(18-3-1)41-33-35-42(36-34-41)62(58-31-16-27-53-47-22-7-6-21-46(47)52-26-11-15-32-59(52)63-60(53)58)43-37-38-51-50-25-10-14-30-56(50)61(57(51)39-43)54-28-12-8-23-48(54)44-19-4-5-20-45(44)49-24-9-13-29-55(49)61/h1-39H. The molecule has 0 saturated carbocycles. The van der Waals surface area contributed by atoms with E-state index in [0.717, 1.165) is 50.8 Å². The quantitative estimate of drug-likeness (QED) is 0.176. The molecule has 1 aliphatic heterocycles. The van der Waals surface area contributed by atoms with Crippen LogP contribution in [0.1, 0.15) is 22.3 Å². The number of nitrogens with zero attached hydrogens (tertiary/aromatic N) is 1. The Morgan fingerprint density at radius 3 is 1.33 bits per heavy atom. The summed E-state index contributed by atoms with van der Waals surface area (Å²) in [6, 6.07) is 86.6. The maximum atomic E-state index is 7.19. The van der Waals surface area contributed by atoms with Crippen molar-refractivity contribution in [3.63, 3.8) is 0 Å². The van der Waals surface area contributed by atoms with E-state index in [9.17, 15) is 0 Å². The number of benzene rings is 10. The highest BCUT2D eigenvalue weighted by atomic mass is 16.5. The van der Waals surface area contributed by atoms with Gasteiger partial charge in [-0.2, -0.15) is 0 Å². The second-order valence-electron chi connectivity index (χ2n) is 16.7. The van der Waals surface area contributed by atoms with Crippen molar-refractivity contribution in [3.8, 4) is 78.3 Å². The molecule has 13 rings (SSSR count). The van der Waals surface area contributed by atoms with Gasteiger partial charge < -0.3 is 9.64 Å². The monoisotopic (exact) mass is 801 g/mol. The summed E-state index contributed by atoms with van der Waals surface area (Å²) in [6.45, 7) is 0. The third-order valence-corrected chi connectivity index (χ3v) is 13.5. The topological polar surface area (TPSA) is 12.5 Å². The molecule has 0 amide bonds. The molecule has 0 radical (unpaired) electrons. The molecule has 10 aromatic rings. The smallest absolute Gasteiger partial charge is 0.159 e. The van der Waals surface area contributed by atoms with Crippen molar-refractivity contribution in [3.05, 3.63) is 259 Å². The Balaban J connectivity index is 1.10. The molecule has 1 heterocycles. The van der Waals surface area contributed by atoms with E-state index in [1.54, 1.807) is 0 Å². The van der Waals surface area contributed by atoms with E-state index in [4.69, 9.17) is 4.74 Å². The van der Waals surface area contributed by atoms with Crippen LogP contribution in [0.5, 0.6) is 11.5 Å². The molecule has 0 saturated heterocycles. The van der Waals surface area contributed by atoms with Gasteiger partial charge in [0.05, 0.1) is 11.1 Å². The maximum Gasteiger partial charge on any atom is 0.159 e. The summed E-state index contributed by atoms with van der Waals surface area (Å²) in [4.78, 5) is 2.41. The molecule has 2 aliphatic carbocycles. The number of hydrogen-bond acceptors (Lipinski definition) is 2. The lowest BCUT2D eigenvalue weighted by atomic mass is 9.66. The Labute approximate surface area is 367 Å². The highest BCUT2D eigenvalue weighted by Gasteiger charge is 2.50. The van der Waals surface area contributed by atoms with Crippen molar-refractivity contribution >= 4 is 17.1 Å². The number of fused-ring (bicyclic) bond motifs is 17. The second-order valence-corrected chi connectivity index (χ2v) is 16.7. The number of anilines is 3. The number of rotatable bonds is 4. The van der Waals surface area contributed by atoms with E-state index in [2.05, 4.69) is 241 Å². The minimum Gasteiger partial charge on any atom is -0.454 e. The van der Waals surface area contributed by atoms with Gasteiger partial charge in [-0.1, -0.05) is 200 Å². The Morgan fingerprint density at radius 1 is 0.286 bits per heavy atom. The number of para-hydroxylation sites is 2. The van der Waals surface area contributed by atoms with Crippen LogP contribution in [0.4, 0.5) is 17.1 Å². The summed E-state index contributed by atoms with van der Waals surface area (Å²) < 4.78 is 7.19. The fraction of sp³-hybridized carbons (Fsp3) is 0.0164. The lowest BCUT2D eigenvalue weighted by molar-refractivity contribution is 0.489. The van der Waals surface area contributed by atoms with Gasteiger partial charge in [-0.15, -0.1) is 0 Å². The van der Waals surface area contributed by atoms with Crippen molar-refractivity contribution in [2.75, 3.05) is 4.90 Å². The van der Waals surface area contributed by atoms with Crippen molar-refractivity contribution in [2.45, 2.75) is 5.41 Å². The van der Waals surface area contributed by atoms with Crippen molar-refractivity contribution in [2.24, 2.45) is 0 Å². The van der Waals surface area contributed by atoms with E-state index in [1.165, 1.54) is 66.8 Å². The van der Waals surface area contributed by atoms with Gasteiger partial charge in [0.25, 0.3) is 0 Å². The minimum absolute atomic E-state index is 0.612. The molecule has 10 aromatic carbocycles. The van der Waals surface area contributed by atoms with Gasteiger partial charge >= 0.3 is 0 Å². The fourth-order valence-electron chi connectivity index (χ4n) is 10.9. The van der Waals surface area contributed by atoms with Gasteiger partial charge in [0.1, 0.15) is 5.75 Å². The van der Waals surface area contributed by atoms with E-state index >= 15 is 0 Å². The maximum absolute atomic E-state index is 7.19. The van der Waals surface area contributed by atoms with E-state index in [-0.39, 0.29) is 0 Å². The molecule has 0 fully saturated rings. The molecule has 0 aromatic heterocycles. The fourth-order valence-corrected chi connectivity index (χ4v) is 10.9.